The highest BCUT2D eigenvalue weighted by Crippen LogP contribution is 2.16. The first kappa shape index (κ1) is 67.8. The first-order valence-electron chi connectivity index (χ1n) is 30.5. The Morgan fingerprint density at radius 1 is 0.296 bits per heavy atom. The molecule has 0 spiro atoms. The van der Waals surface area contributed by atoms with Crippen molar-refractivity contribution in [2.75, 3.05) is 13.2 Å². The van der Waals surface area contributed by atoms with E-state index in [1.807, 2.05) is 0 Å². The third kappa shape index (κ3) is 57.6. The Kier molecular flexibility index (Phi) is 56.8. The molecule has 410 valence electrons. The highest BCUT2D eigenvalue weighted by atomic mass is 16.6. The maximum absolute atomic E-state index is 12.9. The van der Waals surface area contributed by atoms with Crippen LogP contribution in [-0.2, 0) is 28.6 Å². The van der Waals surface area contributed by atoms with E-state index in [2.05, 4.69) is 93.7 Å². The van der Waals surface area contributed by atoms with E-state index in [4.69, 9.17) is 14.2 Å². The summed E-state index contributed by atoms with van der Waals surface area (Å²) in [5.41, 5.74) is 0. The van der Waals surface area contributed by atoms with Crippen LogP contribution in [0.25, 0.3) is 0 Å². The topological polar surface area (TPSA) is 78.9 Å². The van der Waals surface area contributed by atoms with E-state index in [-0.39, 0.29) is 31.1 Å². The van der Waals surface area contributed by atoms with Gasteiger partial charge in [-0.1, -0.05) is 267 Å². The molecule has 0 saturated heterocycles. The first-order valence-corrected chi connectivity index (χ1v) is 30.5. The standard InChI is InChI=1S/C65H114O6/c1-4-7-10-13-16-19-22-25-28-30-32-34-37-40-43-46-49-52-55-58-64(67)70-61-62(60-69-63(66)57-54-51-48-45-42-39-36-27-24-21-18-15-12-9-6-3)71-65(68)59-56-53-50-47-44-41-38-35-33-31-29-26-23-20-17-14-11-8-5-2/h9,12,15-16,18-19,21-22,24-25,31,33,62H,4-8,10-11,13-14,17,20,23,26-30,32,34-61H2,1-3H3/b12-9-,18-15-,19-16-,24-21-,25-22-,33-31-. The number of hydrogen-bond donors (Lipinski definition) is 0. The predicted molar refractivity (Wildman–Crippen MR) is 307 cm³/mol. The van der Waals surface area contributed by atoms with E-state index in [1.54, 1.807) is 0 Å². The minimum Gasteiger partial charge on any atom is -0.462 e. The van der Waals surface area contributed by atoms with Gasteiger partial charge < -0.3 is 14.2 Å². The lowest BCUT2D eigenvalue weighted by molar-refractivity contribution is -0.167. The van der Waals surface area contributed by atoms with Crippen molar-refractivity contribution in [2.45, 2.75) is 309 Å². The molecule has 0 rings (SSSR count). The second-order valence-electron chi connectivity index (χ2n) is 20.3. The molecule has 0 amide bonds. The molecule has 1 unspecified atom stereocenters. The summed E-state index contributed by atoms with van der Waals surface area (Å²) in [6.45, 7) is 6.50. The van der Waals surface area contributed by atoms with Crippen molar-refractivity contribution in [1.82, 2.24) is 0 Å². The number of carbonyl (C=O) groups excluding carboxylic acids is 3. The van der Waals surface area contributed by atoms with Gasteiger partial charge in [0.15, 0.2) is 6.10 Å². The number of carbonyl (C=O) groups is 3. The second kappa shape index (κ2) is 59.4. The monoisotopic (exact) mass is 991 g/mol. The van der Waals surface area contributed by atoms with E-state index in [0.29, 0.717) is 19.3 Å². The van der Waals surface area contributed by atoms with Gasteiger partial charge in [-0.2, -0.15) is 0 Å². The van der Waals surface area contributed by atoms with Crippen LogP contribution in [0.1, 0.15) is 303 Å². The zero-order valence-corrected chi connectivity index (χ0v) is 47.0. The highest BCUT2D eigenvalue weighted by molar-refractivity contribution is 5.71. The van der Waals surface area contributed by atoms with Crippen molar-refractivity contribution in [2.24, 2.45) is 0 Å². The molecule has 0 aliphatic heterocycles. The number of allylic oxidation sites excluding steroid dienone is 12. The minimum atomic E-state index is -0.785. The molecule has 6 nitrogen and oxygen atoms in total. The Labute approximate surface area is 440 Å². The third-order valence-electron chi connectivity index (χ3n) is 13.3. The largest absolute Gasteiger partial charge is 0.462 e. The fraction of sp³-hybridized carbons (Fsp3) is 0.769. The quantitative estimate of drug-likeness (QED) is 0.0199. The van der Waals surface area contributed by atoms with Gasteiger partial charge >= 0.3 is 17.9 Å². The van der Waals surface area contributed by atoms with Crippen LogP contribution >= 0.6 is 0 Å². The van der Waals surface area contributed by atoms with Crippen LogP contribution < -0.4 is 0 Å². The van der Waals surface area contributed by atoms with E-state index in [9.17, 15) is 14.4 Å². The van der Waals surface area contributed by atoms with E-state index >= 15 is 0 Å². The predicted octanol–water partition coefficient (Wildman–Crippen LogP) is 20.5. The zero-order chi connectivity index (χ0) is 51.4. The SMILES string of the molecule is CC\C=C/C=C\C=C/CCCCCCCCCC(=O)OCC(COC(=O)CCCCCCCCCCCC/C=C\C=C/CCCCC)OC(=O)CCCCCCCCC/C=C\CCCCCCCCCC. The smallest absolute Gasteiger partial charge is 0.306 e. The van der Waals surface area contributed by atoms with Crippen LogP contribution in [0.5, 0.6) is 0 Å². The van der Waals surface area contributed by atoms with Crippen molar-refractivity contribution in [3.63, 3.8) is 0 Å². The van der Waals surface area contributed by atoms with E-state index in [0.717, 1.165) is 70.6 Å². The maximum atomic E-state index is 12.9. The number of unbranched alkanes of at least 4 members (excludes halogenated alkanes) is 35. The number of esters is 3. The van der Waals surface area contributed by atoms with Crippen LogP contribution in [0.15, 0.2) is 72.9 Å². The Hall–Kier alpha value is -3.15. The summed E-state index contributed by atoms with van der Waals surface area (Å²) in [4.78, 5) is 38.3. The molecule has 71 heavy (non-hydrogen) atoms. The lowest BCUT2D eigenvalue weighted by atomic mass is 10.1. The Bertz CT molecular complexity index is 1320. The van der Waals surface area contributed by atoms with Gasteiger partial charge in [-0.15, -0.1) is 0 Å². The molecule has 0 fully saturated rings. The van der Waals surface area contributed by atoms with Gasteiger partial charge in [0.2, 0.25) is 0 Å². The van der Waals surface area contributed by atoms with Crippen molar-refractivity contribution >= 4 is 17.9 Å². The van der Waals surface area contributed by atoms with Crippen molar-refractivity contribution in [3.8, 4) is 0 Å². The Morgan fingerprint density at radius 2 is 0.563 bits per heavy atom. The lowest BCUT2D eigenvalue weighted by Gasteiger charge is -2.18. The van der Waals surface area contributed by atoms with E-state index in [1.165, 1.54) is 193 Å². The van der Waals surface area contributed by atoms with Gasteiger partial charge in [0.1, 0.15) is 13.2 Å². The normalized spacial score (nSPS) is 12.5. The van der Waals surface area contributed by atoms with Gasteiger partial charge in [0.05, 0.1) is 0 Å². The van der Waals surface area contributed by atoms with Crippen LogP contribution in [-0.4, -0.2) is 37.2 Å². The van der Waals surface area contributed by atoms with Gasteiger partial charge in [-0.25, -0.2) is 0 Å². The summed E-state index contributed by atoms with van der Waals surface area (Å²) < 4.78 is 16.9. The fourth-order valence-corrected chi connectivity index (χ4v) is 8.66. The molecular formula is C65H114O6. The molecule has 0 heterocycles. The van der Waals surface area contributed by atoms with Crippen LogP contribution in [0.3, 0.4) is 0 Å². The van der Waals surface area contributed by atoms with Crippen molar-refractivity contribution in [3.05, 3.63) is 72.9 Å². The average molecular weight is 992 g/mol. The van der Waals surface area contributed by atoms with Crippen LogP contribution in [0.2, 0.25) is 0 Å². The van der Waals surface area contributed by atoms with E-state index < -0.39 is 6.10 Å². The molecule has 1 atom stereocenters. The zero-order valence-electron chi connectivity index (χ0n) is 47.0. The van der Waals surface area contributed by atoms with Crippen molar-refractivity contribution in [1.29, 1.82) is 0 Å². The molecule has 0 aromatic carbocycles. The summed E-state index contributed by atoms with van der Waals surface area (Å²) in [5.74, 6) is -0.890. The summed E-state index contributed by atoms with van der Waals surface area (Å²) >= 11 is 0. The summed E-state index contributed by atoms with van der Waals surface area (Å²) in [6, 6.07) is 0. The molecule has 0 aromatic rings. The molecule has 0 saturated carbocycles. The Balaban J connectivity index is 4.38. The summed E-state index contributed by atoms with van der Waals surface area (Å²) in [5, 5.41) is 0. The number of rotatable bonds is 55. The molecule has 0 N–H and O–H groups in total. The molecule has 0 aliphatic carbocycles. The maximum Gasteiger partial charge on any atom is 0.306 e. The van der Waals surface area contributed by atoms with Gasteiger partial charge in [0.25, 0.3) is 0 Å². The average Bonchev–Trinajstić information content (AvgIpc) is 3.37. The molecule has 0 aromatic heterocycles. The highest BCUT2D eigenvalue weighted by Gasteiger charge is 2.19. The number of ether oxygens (including phenoxy) is 3. The second-order valence-corrected chi connectivity index (χ2v) is 20.3. The first-order chi connectivity index (χ1) is 35.0. The summed E-state index contributed by atoms with van der Waals surface area (Å²) in [7, 11) is 0. The minimum absolute atomic E-state index is 0.0819. The van der Waals surface area contributed by atoms with Crippen molar-refractivity contribution < 1.29 is 28.6 Å². The fourth-order valence-electron chi connectivity index (χ4n) is 8.66. The molecule has 0 radical (unpaired) electrons. The van der Waals surface area contributed by atoms with Gasteiger partial charge in [-0.3, -0.25) is 14.4 Å². The van der Waals surface area contributed by atoms with Crippen LogP contribution in [0.4, 0.5) is 0 Å². The molecule has 0 aliphatic rings. The summed E-state index contributed by atoms with van der Waals surface area (Å²) in [6.07, 6.45) is 76.1. The lowest BCUT2D eigenvalue weighted by Crippen LogP contribution is -2.30. The molecular weight excluding hydrogens is 877 g/mol. The third-order valence-corrected chi connectivity index (χ3v) is 13.3. The molecule has 0 bridgehead atoms. The Morgan fingerprint density at radius 3 is 0.930 bits per heavy atom. The van der Waals surface area contributed by atoms with Gasteiger partial charge in [-0.05, 0) is 89.9 Å². The van der Waals surface area contributed by atoms with Gasteiger partial charge in [0, 0.05) is 19.3 Å². The van der Waals surface area contributed by atoms with Crippen LogP contribution in [0, 0.1) is 0 Å². The number of hydrogen-bond acceptors (Lipinski definition) is 6. The molecule has 6 heteroatoms.